The lowest BCUT2D eigenvalue weighted by Gasteiger charge is -2.21. The van der Waals surface area contributed by atoms with E-state index in [1.807, 2.05) is 4.90 Å². The van der Waals surface area contributed by atoms with E-state index in [-0.39, 0.29) is 11.1 Å². The molecule has 2 aromatic carbocycles. The number of benzene rings is 2. The maximum Gasteiger partial charge on any atom is 0.257 e. The first kappa shape index (κ1) is 15.6. The van der Waals surface area contributed by atoms with Crippen molar-refractivity contribution in [3.05, 3.63) is 75.8 Å². The van der Waals surface area contributed by atoms with Crippen molar-refractivity contribution < 1.29 is 9.18 Å². The van der Waals surface area contributed by atoms with Gasteiger partial charge in [-0.2, -0.15) is 0 Å². The molecule has 0 aliphatic carbocycles. The summed E-state index contributed by atoms with van der Waals surface area (Å²) < 4.78 is 14.2. The highest BCUT2D eigenvalue weighted by Gasteiger charge is 2.26. The van der Waals surface area contributed by atoms with Gasteiger partial charge < -0.3 is 9.88 Å². The minimum Gasteiger partial charge on any atom is -0.357 e. The second-order valence-electron chi connectivity index (χ2n) is 6.23. The average Bonchev–Trinajstić information content (AvgIpc) is 3.16. The minimum absolute atomic E-state index is 0.0140. The summed E-state index contributed by atoms with van der Waals surface area (Å²) in [6.07, 6.45) is 2.00. The molecule has 0 spiro atoms. The minimum atomic E-state index is -0.560. The smallest absolute Gasteiger partial charge is 0.257 e. The van der Waals surface area contributed by atoms with Crippen LogP contribution in [0.2, 0.25) is 0 Å². The summed E-state index contributed by atoms with van der Waals surface area (Å²) in [5, 5.41) is 0.992. The van der Waals surface area contributed by atoms with Crippen molar-refractivity contribution in [3.63, 3.8) is 0 Å². The third-order valence-corrected chi connectivity index (χ3v) is 4.68. The molecule has 126 valence electrons. The van der Waals surface area contributed by atoms with Crippen LogP contribution in [0.25, 0.3) is 10.8 Å². The summed E-state index contributed by atoms with van der Waals surface area (Å²) in [6, 6.07) is 12.9. The zero-order valence-electron chi connectivity index (χ0n) is 13.6. The first-order valence-corrected chi connectivity index (χ1v) is 8.36. The largest absolute Gasteiger partial charge is 0.357 e. The Kier molecular flexibility index (Phi) is 3.84. The van der Waals surface area contributed by atoms with Crippen LogP contribution in [0.15, 0.2) is 53.3 Å². The van der Waals surface area contributed by atoms with Crippen molar-refractivity contribution in [3.8, 4) is 0 Å². The van der Waals surface area contributed by atoms with Gasteiger partial charge in [0.05, 0.1) is 11.1 Å². The number of carbonyl (C=O) groups is 1. The van der Waals surface area contributed by atoms with E-state index in [0.29, 0.717) is 22.2 Å². The van der Waals surface area contributed by atoms with Gasteiger partial charge >= 0.3 is 0 Å². The Morgan fingerprint density at radius 2 is 1.60 bits per heavy atom. The van der Waals surface area contributed by atoms with E-state index in [0.717, 1.165) is 25.9 Å². The Morgan fingerprint density at radius 3 is 2.32 bits per heavy atom. The molecule has 1 aromatic heterocycles. The second-order valence-corrected chi connectivity index (χ2v) is 6.23. The van der Waals surface area contributed by atoms with E-state index in [4.69, 9.17) is 0 Å². The van der Waals surface area contributed by atoms with Crippen molar-refractivity contribution in [1.29, 1.82) is 0 Å². The summed E-state index contributed by atoms with van der Waals surface area (Å²) in [7, 11) is 0. The predicted molar refractivity (Wildman–Crippen MR) is 95.8 cm³/mol. The second kappa shape index (κ2) is 6.16. The molecular weight excluding hydrogens is 319 g/mol. The lowest BCUT2D eigenvalue weighted by Crippen LogP contribution is -2.26. The standard InChI is InChI=1S/C20H17FN2O2/c21-16-10-4-3-9-15(16)18(24)17-13-7-1-2-8-14(13)20(25)22-19(17)23-11-5-6-12-23/h1-4,7-10H,5-6,11-12H2,(H,22,25). The summed E-state index contributed by atoms with van der Waals surface area (Å²) in [4.78, 5) is 30.5. The van der Waals surface area contributed by atoms with Crippen LogP contribution in [0.4, 0.5) is 10.2 Å². The van der Waals surface area contributed by atoms with Crippen LogP contribution in [-0.2, 0) is 0 Å². The molecule has 0 amide bonds. The molecule has 2 heterocycles. The number of rotatable bonds is 3. The summed E-state index contributed by atoms with van der Waals surface area (Å²) >= 11 is 0. The van der Waals surface area contributed by atoms with Crippen LogP contribution in [-0.4, -0.2) is 23.9 Å². The summed E-state index contributed by atoms with van der Waals surface area (Å²) in [5.41, 5.74) is 0.143. The Morgan fingerprint density at radius 1 is 0.960 bits per heavy atom. The van der Waals surface area contributed by atoms with Crippen molar-refractivity contribution in [2.45, 2.75) is 12.8 Å². The zero-order valence-corrected chi connectivity index (χ0v) is 13.6. The molecule has 1 saturated heterocycles. The molecule has 1 aliphatic heterocycles. The highest BCUT2D eigenvalue weighted by molar-refractivity contribution is 6.19. The van der Waals surface area contributed by atoms with Crippen LogP contribution in [0, 0.1) is 5.82 Å². The fraction of sp³-hybridized carbons (Fsp3) is 0.200. The Balaban J connectivity index is 2.02. The number of fused-ring (bicyclic) bond motifs is 1. The van der Waals surface area contributed by atoms with Crippen molar-refractivity contribution in [2.24, 2.45) is 0 Å². The van der Waals surface area contributed by atoms with Gasteiger partial charge in [-0.1, -0.05) is 30.3 Å². The van der Waals surface area contributed by atoms with E-state index in [9.17, 15) is 14.0 Å². The number of pyridine rings is 1. The quantitative estimate of drug-likeness (QED) is 0.745. The summed E-state index contributed by atoms with van der Waals surface area (Å²) in [6.45, 7) is 1.54. The molecule has 0 atom stereocenters. The van der Waals surface area contributed by atoms with Crippen molar-refractivity contribution in [2.75, 3.05) is 18.0 Å². The highest BCUT2D eigenvalue weighted by Crippen LogP contribution is 2.29. The summed E-state index contributed by atoms with van der Waals surface area (Å²) in [5.74, 6) is -0.475. The molecule has 3 aromatic rings. The molecule has 0 unspecified atom stereocenters. The monoisotopic (exact) mass is 336 g/mol. The normalized spacial score (nSPS) is 14.2. The molecule has 1 fully saturated rings. The van der Waals surface area contributed by atoms with Crippen LogP contribution in [0.1, 0.15) is 28.8 Å². The maximum absolute atomic E-state index is 14.2. The number of nitrogens with zero attached hydrogens (tertiary/aromatic N) is 1. The van der Waals surface area contributed by atoms with Crippen LogP contribution >= 0.6 is 0 Å². The fourth-order valence-electron chi connectivity index (χ4n) is 3.45. The Bertz CT molecular complexity index is 1020. The van der Waals surface area contributed by atoms with Gasteiger partial charge in [-0.3, -0.25) is 9.59 Å². The number of hydrogen-bond donors (Lipinski definition) is 1. The third kappa shape index (κ3) is 2.61. The predicted octanol–water partition coefficient (Wildman–Crippen LogP) is 3.50. The Labute approximate surface area is 143 Å². The van der Waals surface area contributed by atoms with E-state index < -0.39 is 11.6 Å². The van der Waals surface area contributed by atoms with Gasteiger partial charge in [0, 0.05) is 23.9 Å². The number of nitrogens with one attached hydrogen (secondary N) is 1. The molecule has 0 saturated carbocycles. The van der Waals surface area contributed by atoms with E-state index in [1.54, 1.807) is 36.4 Å². The zero-order chi connectivity index (χ0) is 17.4. The van der Waals surface area contributed by atoms with Crippen molar-refractivity contribution >= 4 is 22.4 Å². The molecule has 25 heavy (non-hydrogen) atoms. The number of H-pyrrole nitrogens is 1. The van der Waals surface area contributed by atoms with Crippen LogP contribution < -0.4 is 10.5 Å². The highest BCUT2D eigenvalue weighted by atomic mass is 19.1. The number of anilines is 1. The van der Waals surface area contributed by atoms with E-state index >= 15 is 0 Å². The average molecular weight is 336 g/mol. The third-order valence-electron chi connectivity index (χ3n) is 4.68. The number of aromatic nitrogens is 1. The van der Waals surface area contributed by atoms with E-state index in [2.05, 4.69) is 4.98 Å². The SMILES string of the molecule is O=C(c1ccccc1F)c1c(N2CCCC2)[nH]c(=O)c2ccccc12. The Hall–Kier alpha value is -2.95. The van der Waals surface area contributed by atoms with Gasteiger partial charge in [0.1, 0.15) is 11.6 Å². The molecular formula is C20H17FN2O2. The first-order chi connectivity index (χ1) is 12.2. The molecule has 0 radical (unpaired) electrons. The van der Waals surface area contributed by atoms with E-state index in [1.165, 1.54) is 12.1 Å². The number of hydrogen-bond acceptors (Lipinski definition) is 3. The fourth-order valence-corrected chi connectivity index (χ4v) is 3.45. The van der Waals surface area contributed by atoms with Crippen LogP contribution in [0.5, 0.6) is 0 Å². The van der Waals surface area contributed by atoms with Gasteiger partial charge in [-0.25, -0.2) is 4.39 Å². The number of ketones is 1. The molecule has 1 N–H and O–H groups in total. The van der Waals surface area contributed by atoms with Gasteiger partial charge in [0.2, 0.25) is 0 Å². The lowest BCUT2D eigenvalue weighted by atomic mass is 9.97. The molecule has 5 heteroatoms. The van der Waals surface area contributed by atoms with Gasteiger partial charge in [-0.15, -0.1) is 0 Å². The molecule has 0 bridgehead atoms. The molecule has 4 rings (SSSR count). The van der Waals surface area contributed by atoms with Gasteiger partial charge in [0.15, 0.2) is 5.78 Å². The number of carbonyl (C=O) groups excluding carboxylic acids is 1. The van der Waals surface area contributed by atoms with Crippen LogP contribution in [0.3, 0.4) is 0 Å². The molecule has 1 aliphatic rings. The maximum atomic E-state index is 14.2. The number of halogens is 1. The topological polar surface area (TPSA) is 53.2 Å². The van der Waals surface area contributed by atoms with Gasteiger partial charge in [-0.05, 0) is 31.0 Å². The molecule has 4 nitrogen and oxygen atoms in total. The lowest BCUT2D eigenvalue weighted by molar-refractivity contribution is 0.103. The first-order valence-electron chi connectivity index (χ1n) is 8.36. The van der Waals surface area contributed by atoms with Gasteiger partial charge in [0.25, 0.3) is 5.56 Å². The number of aromatic amines is 1. The van der Waals surface area contributed by atoms with Crippen molar-refractivity contribution in [1.82, 2.24) is 4.98 Å².